The summed E-state index contributed by atoms with van der Waals surface area (Å²) in [6.07, 6.45) is 0. The Labute approximate surface area is 129 Å². The second-order valence-corrected chi connectivity index (χ2v) is 6.09. The predicted molar refractivity (Wildman–Crippen MR) is 82.3 cm³/mol. The van der Waals surface area contributed by atoms with Crippen molar-refractivity contribution in [1.82, 2.24) is 10.2 Å². The van der Waals surface area contributed by atoms with Crippen LogP contribution in [0.1, 0.15) is 31.1 Å². The fourth-order valence-electron chi connectivity index (χ4n) is 1.97. The number of nitrogens with one attached hydrogen (secondary N) is 1. The number of likely N-dealkylation sites (N-methyl/N-ethyl adjacent to an activating group) is 1. The molecule has 0 aliphatic rings. The van der Waals surface area contributed by atoms with E-state index in [-0.39, 0.29) is 12.5 Å². The highest BCUT2D eigenvalue weighted by molar-refractivity contribution is 6.33. The number of aliphatic hydroxyl groups is 1. The molecule has 0 heterocycles. The van der Waals surface area contributed by atoms with Crippen LogP contribution in [-0.4, -0.2) is 47.1 Å². The number of amides is 2. The van der Waals surface area contributed by atoms with E-state index in [1.165, 1.54) is 4.90 Å². The lowest BCUT2D eigenvalue weighted by molar-refractivity contribution is -0.134. The van der Waals surface area contributed by atoms with Gasteiger partial charge in [-0.1, -0.05) is 23.7 Å². The fraction of sp³-hybridized carbons (Fsp3) is 0.467. The zero-order valence-electron chi connectivity index (χ0n) is 12.7. The topological polar surface area (TPSA) is 69.6 Å². The Morgan fingerprint density at radius 1 is 1.38 bits per heavy atom. The van der Waals surface area contributed by atoms with Crippen LogP contribution in [0.15, 0.2) is 24.3 Å². The number of hydrogen-bond acceptors (Lipinski definition) is 3. The molecule has 1 aromatic carbocycles. The Bertz CT molecular complexity index is 526. The summed E-state index contributed by atoms with van der Waals surface area (Å²) in [7, 11) is 1.58. The van der Waals surface area contributed by atoms with Crippen LogP contribution < -0.4 is 5.32 Å². The summed E-state index contributed by atoms with van der Waals surface area (Å²) in [6.45, 7) is 5.00. The van der Waals surface area contributed by atoms with Crippen LogP contribution in [0.4, 0.5) is 0 Å². The van der Waals surface area contributed by atoms with Crippen molar-refractivity contribution < 1.29 is 14.7 Å². The Morgan fingerprint density at radius 2 is 1.95 bits per heavy atom. The molecule has 21 heavy (non-hydrogen) atoms. The van der Waals surface area contributed by atoms with Crippen molar-refractivity contribution in [3.05, 3.63) is 34.9 Å². The molecule has 2 N–H and O–H groups in total. The molecule has 1 atom stereocenters. The molecule has 0 saturated heterocycles. The molecule has 0 radical (unpaired) electrons. The molecule has 0 bridgehead atoms. The van der Waals surface area contributed by atoms with Gasteiger partial charge in [-0.3, -0.25) is 9.59 Å². The minimum Gasteiger partial charge on any atom is -0.389 e. The van der Waals surface area contributed by atoms with Crippen LogP contribution in [-0.2, 0) is 4.79 Å². The molecule has 0 spiro atoms. The third kappa shape index (κ3) is 5.36. The minimum absolute atomic E-state index is 0.179. The lowest BCUT2D eigenvalue weighted by atomic mass is 10.1. The summed E-state index contributed by atoms with van der Waals surface area (Å²) in [6, 6.07) is 5.93. The highest BCUT2D eigenvalue weighted by atomic mass is 35.5. The SMILES string of the molecule is CC(NC(=O)c1ccccc1Cl)C(=O)N(C)CC(C)(C)O. The molecule has 0 fully saturated rings. The molecule has 0 aliphatic heterocycles. The van der Waals surface area contributed by atoms with E-state index in [0.29, 0.717) is 10.6 Å². The van der Waals surface area contributed by atoms with Gasteiger partial charge in [-0.15, -0.1) is 0 Å². The van der Waals surface area contributed by atoms with Crippen LogP contribution in [0.3, 0.4) is 0 Å². The summed E-state index contributed by atoms with van der Waals surface area (Å²) in [4.78, 5) is 25.6. The predicted octanol–water partition coefficient (Wildman–Crippen LogP) is 1.69. The van der Waals surface area contributed by atoms with E-state index >= 15 is 0 Å². The number of halogens is 1. The van der Waals surface area contributed by atoms with Gasteiger partial charge < -0.3 is 15.3 Å². The van der Waals surface area contributed by atoms with Gasteiger partial charge in [0.05, 0.1) is 16.2 Å². The zero-order valence-corrected chi connectivity index (χ0v) is 13.4. The number of nitrogens with zero attached hydrogens (tertiary/aromatic N) is 1. The Balaban J connectivity index is 2.68. The monoisotopic (exact) mass is 312 g/mol. The summed E-state index contributed by atoms with van der Waals surface area (Å²) in [5.41, 5.74) is -0.666. The number of hydrogen-bond donors (Lipinski definition) is 2. The fourth-order valence-corrected chi connectivity index (χ4v) is 2.19. The zero-order chi connectivity index (χ0) is 16.2. The van der Waals surface area contributed by atoms with Crippen molar-refractivity contribution in [2.24, 2.45) is 0 Å². The van der Waals surface area contributed by atoms with Gasteiger partial charge in [0.25, 0.3) is 5.91 Å². The largest absolute Gasteiger partial charge is 0.389 e. The molecule has 1 unspecified atom stereocenters. The summed E-state index contributed by atoms with van der Waals surface area (Å²) < 4.78 is 0. The van der Waals surface area contributed by atoms with Gasteiger partial charge in [-0.2, -0.15) is 0 Å². The first-order valence-electron chi connectivity index (χ1n) is 6.64. The molecule has 6 heteroatoms. The Kier molecular flexibility index (Phi) is 5.75. The van der Waals surface area contributed by atoms with Crippen LogP contribution in [0.25, 0.3) is 0 Å². The molecular weight excluding hydrogens is 292 g/mol. The van der Waals surface area contributed by atoms with Gasteiger partial charge in [-0.25, -0.2) is 0 Å². The van der Waals surface area contributed by atoms with Gasteiger partial charge in [-0.05, 0) is 32.9 Å². The van der Waals surface area contributed by atoms with Gasteiger partial charge >= 0.3 is 0 Å². The van der Waals surface area contributed by atoms with E-state index in [0.717, 1.165) is 0 Å². The van der Waals surface area contributed by atoms with Gasteiger partial charge in [0.2, 0.25) is 5.91 Å². The van der Waals surface area contributed by atoms with E-state index < -0.39 is 17.6 Å². The van der Waals surface area contributed by atoms with Crippen LogP contribution in [0, 0.1) is 0 Å². The average molecular weight is 313 g/mol. The number of carbonyl (C=O) groups is 2. The lowest BCUT2D eigenvalue weighted by Gasteiger charge is -2.28. The number of benzene rings is 1. The van der Waals surface area contributed by atoms with Crippen molar-refractivity contribution in [3.63, 3.8) is 0 Å². The molecule has 0 saturated carbocycles. The summed E-state index contributed by atoms with van der Waals surface area (Å²) >= 11 is 5.94. The first-order chi connectivity index (χ1) is 9.61. The highest BCUT2D eigenvalue weighted by Gasteiger charge is 2.24. The third-order valence-corrected chi connectivity index (χ3v) is 3.17. The standard InChI is InChI=1S/C15H21ClN2O3/c1-10(14(20)18(4)9-15(2,3)21)17-13(19)11-7-5-6-8-12(11)16/h5-8,10,21H,9H2,1-4H3,(H,17,19). The van der Waals surface area contributed by atoms with Crippen molar-refractivity contribution >= 4 is 23.4 Å². The molecule has 116 valence electrons. The number of carbonyl (C=O) groups excluding carboxylic acids is 2. The molecule has 0 aromatic heterocycles. The highest BCUT2D eigenvalue weighted by Crippen LogP contribution is 2.15. The molecule has 0 aliphatic carbocycles. The molecule has 5 nitrogen and oxygen atoms in total. The number of rotatable bonds is 5. The molecule has 2 amide bonds. The van der Waals surface area contributed by atoms with Crippen LogP contribution in [0.2, 0.25) is 5.02 Å². The van der Waals surface area contributed by atoms with Crippen molar-refractivity contribution in [2.75, 3.05) is 13.6 Å². The maximum absolute atomic E-state index is 12.1. The normalized spacial score (nSPS) is 12.7. The summed E-state index contributed by atoms with van der Waals surface area (Å²) in [5, 5.41) is 12.7. The maximum Gasteiger partial charge on any atom is 0.253 e. The van der Waals surface area contributed by atoms with Crippen LogP contribution in [0.5, 0.6) is 0 Å². The van der Waals surface area contributed by atoms with Crippen molar-refractivity contribution in [3.8, 4) is 0 Å². The first kappa shape index (κ1) is 17.5. The quantitative estimate of drug-likeness (QED) is 0.869. The van der Waals surface area contributed by atoms with Crippen LogP contribution >= 0.6 is 11.6 Å². The minimum atomic E-state index is -0.989. The van der Waals surface area contributed by atoms with E-state index in [1.54, 1.807) is 52.1 Å². The van der Waals surface area contributed by atoms with Gasteiger partial charge in [0.1, 0.15) is 6.04 Å². The van der Waals surface area contributed by atoms with E-state index in [2.05, 4.69) is 5.32 Å². The third-order valence-electron chi connectivity index (χ3n) is 2.84. The van der Waals surface area contributed by atoms with Crippen molar-refractivity contribution in [1.29, 1.82) is 0 Å². The molecule has 1 rings (SSSR count). The molecular formula is C15H21ClN2O3. The second-order valence-electron chi connectivity index (χ2n) is 5.68. The summed E-state index contributed by atoms with van der Waals surface area (Å²) in [5.74, 6) is -0.685. The smallest absolute Gasteiger partial charge is 0.253 e. The average Bonchev–Trinajstić information content (AvgIpc) is 2.36. The van der Waals surface area contributed by atoms with Gasteiger partial charge in [0.15, 0.2) is 0 Å². The lowest BCUT2D eigenvalue weighted by Crippen LogP contribution is -2.49. The second kappa shape index (κ2) is 6.91. The first-order valence-corrected chi connectivity index (χ1v) is 7.02. The van der Waals surface area contributed by atoms with E-state index in [1.807, 2.05) is 0 Å². The van der Waals surface area contributed by atoms with Crippen molar-refractivity contribution in [2.45, 2.75) is 32.4 Å². The Morgan fingerprint density at radius 3 is 2.48 bits per heavy atom. The maximum atomic E-state index is 12.1. The van der Waals surface area contributed by atoms with E-state index in [9.17, 15) is 14.7 Å². The molecule has 1 aromatic rings. The van der Waals surface area contributed by atoms with E-state index in [4.69, 9.17) is 11.6 Å². The van der Waals surface area contributed by atoms with Gasteiger partial charge in [0, 0.05) is 13.6 Å². The Hall–Kier alpha value is -1.59.